The van der Waals surface area contributed by atoms with E-state index in [1.807, 2.05) is 0 Å². The zero-order valence-electron chi connectivity index (χ0n) is 11.1. The molecule has 0 saturated heterocycles. The van der Waals surface area contributed by atoms with Crippen molar-refractivity contribution >= 4 is 33.2 Å². The van der Waals surface area contributed by atoms with E-state index >= 15 is 0 Å². The summed E-state index contributed by atoms with van der Waals surface area (Å²) in [7, 11) is 0. The number of rotatable bonds is 5. The van der Waals surface area contributed by atoms with E-state index in [0.29, 0.717) is 12.0 Å². The maximum atomic E-state index is 10.9. The highest BCUT2D eigenvalue weighted by atomic mass is 79.9. The number of hydrogen-bond acceptors (Lipinski definition) is 3. The van der Waals surface area contributed by atoms with Gasteiger partial charge in [0.05, 0.1) is 9.70 Å². The molecule has 1 aliphatic rings. The lowest BCUT2D eigenvalue weighted by Gasteiger charge is -2.27. The van der Waals surface area contributed by atoms with E-state index < -0.39 is 5.97 Å². The van der Waals surface area contributed by atoms with Crippen LogP contribution in [0.3, 0.4) is 0 Å². The molecule has 1 unspecified atom stereocenters. The SMILES string of the molecule is CC(NCC1CCC(C(=O)O)CC1)c1ccc(Br)s1. The highest BCUT2D eigenvalue weighted by Crippen LogP contribution is 2.30. The predicted octanol–water partition coefficient (Wildman–Crippen LogP) is 4.05. The van der Waals surface area contributed by atoms with Crippen molar-refractivity contribution in [3.63, 3.8) is 0 Å². The average Bonchev–Trinajstić information content (AvgIpc) is 2.83. The number of carboxylic acid groups (broad SMARTS) is 1. The van der Waals surface area contributed by atoms with Gasteiger partial charge in [0.1, 0.15) is 0 Å². The third-order valence-corrected chi connectivity index (χ3v) is 5.74. The Kier molecular flexibility index (Phi) is 5.42. The van der Waals surface area contributed by atoms with Crippen LogP contribution in [0, 0.1) is 11.8 Å². The molecule has 2 N–H and O–H groups in total. The standard InChI is InChI=1S/C14H20BrNO2S/c1-9(12-6-7-13(15)19-12)16-8-10-2-4-11(5-3-10)14(17)18/h6-7,9-11,16H,2-5,8H2,1H3,(H,17,18). The lowest BCUT2D eigenvalue weighted by Crippen LogP contribution is -2.30. The number of carboxylic acids is 1. The van der Waals surface area contributed by atoms with Crippen LogP contribution < -0.4 is 5.32 Å². The van der Waals surface area contributed by atoms with Crippen LogP contribution in [-0.4, -0.2) is 17.6 Å². The molecule has 1 aliphatic carbocycles. The molecular formula is C14H20BrNO2S. The minimum absolute atomic E-state index is 0.109. The molecule has 1 aromatic rings. The molecule has 0 radical (unpaired) electrons. The Labute approximate surface area is 126 Å². The lowest BCUT2D eigenvalue weighted by atomic mass is 9.82. The molecule has 0 spiro atoms. The van der Waals surface area contributed by atoms with E-state index in [1.165, 1.54) is 4.88 Å². The van der Waals surface area contributed by atoms with Gasteiger partial charge in [-0.25, -0.2) is 0 Å². The summed E-state index contributed by atoms with van der Waals surface area (Å²) in [6, 6.07) is 4.60. The van der Waals surface area contributed by atoms with Crippen molar-refractivity contribution in [1.29, 1.82) is 0 Å². The Bertz CT molecular complexity index is 427. The molecule has 0 aromatic carbocycles. The maximum absolute atomic E-state index is 10.9. The summed E-state index contributed by atoms with van der Waals surface area (Å²) >= 11 is 5.25. The van der Waals surface area contributed by atoms with Gasteiger partial charge in [0.25, 0.3) is 0 Å². The molecule has 1 saturated carbocycles. The fraction of sp³-hybridized carbons (Fsp3) is 0.643. The van der Waals surface area contributed by atoms with Gasteiger partial charge in [-0.05, 0) is 73.1 Å². The normalized spacial score (nSPS) is 25.2. The number of aliphatic carboxylic acids is 1. The second kappa shape index (κ2) is 6.86. The van der Waals surface area contributed by atoms with E-state index in [4.69, 9.17) is 5.11 Å². The first kappa shape index (κ1) is 15.0. The molecule has 5 heteroatoms. The second-order valence-corrected chi connectivity index (χ2v) is 7.82. The van der Waals surface area contributed by atoms with Crippen LogP contribution in [0.1, 0.15) is 43.5 Å². The second-order valence-electron chi connectivity index (χ2n) is 5.33. The van der Waals surface area contributed by atoms with E-state index in [1.54, 1.807) is 11.3 Å². The van der Waals surface area contributed by atoms with E-state index in [2.05, 4.69) is 40.3 Å². The highest BCUT2D eigenvalue weighted by Gasteiger charge is 2.25. The quantitative estimate of drug-likeness (QED) is 0.846. The molecule has 1 fully saturated rings. The molecule has 1 aromatic heterocycles. The van der Waals surface area contributed by atoms with Crippen molar-refractivity contribution < 1.29 is 9.90 Å². The highest BCUT2D eigenvalue weighted by molar-refractivity contribution is 9.11. The Hall–Kier alpha value is -0.390. The fourth-order valence-electron chi connectivity index (χ4n) is 2.62. The summed E-state index contributed by atoms with van der Waals surface area (Å²) in [6.07, 6.45) is 3.73. The van der Waals surface area contributed by atoms with Crippen molar-refractivity contribution in [2.24, 2.45) is 11.8 Å². The van der Waals surface area contributed by atoms with E-state index in [0.717, 1.165) is 36.0 Å². The van der Waals surface area contributed by atoms with Crippen molar-refractivity contribution in [2.45, 2.75) is 38.6 Å². The number of carbonyl (C=O) groups is 1. The molecule has 3 nitrogen and oxygen atoms in total. The Morgan fingerprint density at radius 3 is 2.68 bits per heavy atom. The van der Waals surface area contributed by atoms with Gasteiger partial charge in [-0.2, -0.15) is 0 Å². The van der Waals surface area contributed by atoms with Crippen LogP contribution in [0.5, 0.6) is 0 Å². The molecule has 19 heavy (non-hydrogen) atoms. The number of thiophene rings is 1. The van der Waals surface area contributed by atoms with Crippen LogP contribution in [0.15, 0.2) is 15.9 Å². The summed E-state index contributed by atoms with van der Waals surface area (Å²) in [5.41, 5.74) is 0. The van der Waals surface area contributed by atoms with Gasteiger partial charge in [-0.1, -0.05) is 0 Å². The molecule has 2 rings (SSSR count). The Morgan fingerprint density at radius 1 is 1.47 bits per heavy atom. The summed E-state index contributed by atoms with van der Waals surface area (Å²) < 4.78 is 1.16. The minimum Gasteiger partial charge on any atom is -0.481 e. The van der Waals surface area contributed by atoms with Crippen LogP contribution in [0.25, 0.3) is 0 Å². The van der Waals surface area contributed by atoms with Gasteiger partial charge in [-0.3, -0.25) is 4.79 Å². The largest absolute Gasteiger partial charge is 0.481 e. The number of nitrogens with one attached hydrogen (secondary N) is 1. The minimum atomic E-state index is -0.622. The predicted molar refractivity (Wildman–Crippen MR) is 81.5 cm³/mol. The first-order valence-corrected chi connectivity index (χ1v) is 8.38. The first-order chi connectivity index (χ1) is 9.06. The zero-order chi connectivity index (χ0) is 13.8. The molecule has 0 amide bonds. The number of halogens is 1. The summed E-state index contributed by atoms with van der Waals surface area (Å²) in [4.78, 5) is 12.2. The van der Waals surface area contributed by atoms with Crippen LogP contribution in [-0.2, 0) is 4.79 Å². The topological polar surface area (TPSA) is 49.3 Å². The van der Waals surface area contributed by atoms with Gasteiger partial charge in [0.2, 0.25) is 0 Å². The third-order valence-electron chi connectivity index (χ3n) is 3.93. The van der Waals surface area contributed by atoms with Crippen molar-refractivity contribution in [1.82, 2.24) is 5.32 Å². The molecule has 106 valence electrons. The fourth-order valence-corrected chi connectivity index (χ4v) is 4.07. The van der Waals surface area contributed by atoms with E-state index in [-0.39, 0.29) is 5.92 Å². The molecule has 1 atom stereocenters. The first-order valence-electron chi connectivity index (χ1n) is 6.77. The molecule has 1 heterocycles. The van der Waals surface area contributed by atoms with Gasteiger partial charge < -0.3 is 10.4 Å². The monoisotopic (exact) mass is 345 g/mol. The maximum Gasteiger partial charge on any atom is 0.306 e. The smallest absolute Gasteiger partial charge is 0.306 e. The van der Waals surface area contributed by atoms with Crippen LogP contribution in [0.4, 0.5) is 0 Å². The lowest BCUT2D eigenvalue weighted by molar-refractivity contribution is -0.143. The van der Waals surface area contributed by atoms with Crippen molar-refractivity contribution in [3.05, 3.63) is 20.8 Å². The van der Waals surface area contributed by atoms with Gasteiger partial charge in [0, 0.05) is 10.9 Å². The summed E-state index contributed by atoms with van der Waals surface area (Å²) in [5, 5.41) is 12.5. The van der Waals surface area contributed by atoms with Gasteiger partial charge in [0.15, 0.2) is 0 Å². The Morgan fingerprint density at radius 2 is 2.16 bits per heavy atom. The van der Waals surface area contributed by atoms with Crippen LogP contribution in [0.2, 0.25) is 0 Å². The molecular weight excluding hydrogens is 326 g/mol. The Balaban J connectivity index is 1.73. The van der Waals surface area contributed by atoms with Gasteiger partial charge in [-0.15, -0.1) is 11.3 Å². The number of hydrogen-bond donors (Lipinski definition) is 2. The van der Waals surface area contributed by atoms with Crippen molar-refractivity contribution in [2.75, 3.05) is 6.54 Å². The van der Waals surface area contributed by atoms with Gasteiger partial charge >= 0.3 is 5.97 Å². The summed E-state index contributed by atoms with van der Waals surface area (Å²) in [6.45, 7) is 3.17. The average molecular weight is 346 g/mol. The van der Waals surface area contributed by atoms with Crippen LogP contribution >= 0.6 is 27.3 Å². The van der Waals surface area contributed by atoms with E-state index in [9.17, 15) is 4.79 Å². The summed E-state index contributed by atoms with van der Waals surface area (Å²) in [5.74, 6) is -0.105. The zero-order valence-corrected chi connectivity index (χ0v) is 13.5. The van der Waals surface area contributed by atoms with Crippen molar-refractivity contribution in [3.8, 4) is 0 Å². The molecule has 0 aliphatic heterocycles. The third kappa shape index (κ3) is 4.29. The molecule has 0 bridgehead atoms.